The van der Waals surface area contributed by atoms with Crippen LogP contribution >= 0.6 is 0 Å². The molecule has 2 aromatic rings. The third-order valence-corrected chi connectivity index (χ3v) is 4.39. The van der Waals surface area contributed by atoms with Crippen molar-refractivity contribution in [2.45, 2.75) is 37.8 Å². The first-order chi connectivity index (χ1) is 11.1. The van der Waals surface area contributed by atoms with E-state index in [1.807, 2.05) is 44.4 Å². The van der Waals surface area contributed by atoms with Gasteiger partial charge < -0.3 is 15.4 Å². The molecule has 1 saturated carbocycles. The first kappa shape index (κ1) is 14.1. The standard InChI is InChI=1S/C17H20N4O2/c1-10-15(12-5-3-4-6-14(12)23-10)19-17(22)18-13-9-21(2)20-16(13)11-7-8-11/h3-6,9-11,15H,7-8H2,1-2H3,(H2,18,19,22). The van der Waals surface area contributed by atoms with Gasteiger partial charge in [-0.1, -0.05) is 18.2 Å². The second-order valence-corrected chi connectivity index (χ2v) is 6.31. The Morgan fingerprint density at radius 3 is 2.91 bits per heavy atom. The number of anilines is 1. The van der Waals surface area contributed by atoms with Crippen molar-refractivity contribution < 1.29 is 9.53 Å². The van der Waals surface area contributed by atoms with Gasteiger partial charge in [0.1, 0.15) is 11.9 Å². The van der Waals surface area contributed by atoms with Crippen molar-refractivity contribution in [1.82, 2.24) is 15.1 Å². The Labute approximate surface area is 134 Å². The van der Waals surface area contributed by atoms with E-state index in [2.05, 4.69) is 15.7 Å². The van der Waals surface area contributed by atoms with Crippen molar-refractivity contribution in [3.8, 4) is 5.75 Å². The highest BCUT2D eigenvalue weighted by molar-refractivity contribution is 5.90. The maximum atomic E-state index is 12.4. The molecule has 6 heteroatoms. The molecule has 2 heterocycles. The number of carbonyl (C=O) groups is 1. The van der Waals surface area contributed by atoms with Crippen LogP contribution in [-0.4, -0.2) is 21.9 Å². The first-order valence-corrected chi connectivity index (χ1v) is 7.98. The largest absolute Gasteiger partial charge is 0.488 e. The Morgan fingerprint density at radius 2 is 2.13 bits per heavy atom. The van der Waals surface area contributed by atoms with Gasteiger partial charge in [0.05, 0.1) is 17.4 Å². The van der Waals surface area contributed by atoms with Gasteiger partial charge in [-0.15, -0.1) is 0 Å². The minimum absolute atomic E-state index is 0.0880. The number of benzene rings is 1. The normalized spacial score (nSPS) is 22.3. The Kier molecular flexibility index (Phi) is 3.25. The lowest BCUT2D eigenvalue weighted by Gasteiger charge is -2.17. The fourth-order valence-corrected chi connectivity index (χ4v) is 3.12. The molecular formula is C17H20N4O2. The number of nitrogens with one attached hydrogen (secondary N) is 2. The van der Waals surface area contributed by atoms with E-state index >= 15 is 0 Å². The molecule has 1 aliphatic heterocycles. The van der Waals surface area contributed by atoms with Crippen LogP contribution in [0.25, 0.3) is 0 Å². The van der Waals surface area contributed by atoms with Crippen LogP contribution in [0, 0.1) is 0 Å². The molecule has 120 valence electrons. The van der Waals surface area contributed by atoms with Gasteiger partial charge in [-0.05, 0) is 25.8 Å². The van der Waals surface area contributed by atoms with Gasteiger partial charge in [0.15, 0.2) is 0 Å². The van der Waals surface area contributed by atoms with Crippen LogP contribution < -0.4 is 15.4 Å². The number of aryl methyl sites for hydroxylation is 1. The van der Waals surface area contributed by atoms with Gasteiger partial charge in [-0.3, -0.25) is 4.68 Å². The van der Waals surface area contributed by atoms with Crippen LogP contribution in [0.1, 0.15) is 43.0 Å². The van der Waals surface area contributed by atoms with Crippen molar-refractivity contribution in [2.75, 3.05) is 5.32 Å². The number of ether oxygens (including phenoxy) is 1. The molecule has 0 radical (unpaired) electrons. The molecule has 2 unspecified atom stereocenters. The SMILES string of the molecule is CC1Oc2ccccc2C1NC(=O)Nc1cn(C)nc1C1CC1. The number of nitrogens with zero attached hydrogens (tertiary/aromatic N) is 2. The summed E-state index contributed by atoms with van der Waals surface area (Å²) in [5.41, 5.74) is 2.80. The molecule has 2 N–H and O–H groups in total. The molecule has 2 aliphatic rings. The van der Waals surface area contributed by atoms with Gasteiger partial charge in [0.25, 0.3) is 0 Å². The zero-order chi connectivity index (χ0) is 16.0. The molecule has 1 fully saturated rings. The van der Waals surface area contributed by atoms with E-state index in [0.29, 0.717) is 5.92 Å². The number of aromatic nitrogens is 2. The Hall–Kier alpha value is -2.50. The van der Waals surface area contributed by atoms with Crippen LogP contribution in [0.5, 0.6) is 5.75 Å². The maximum Gasteiger partial charge on any atom is 0.319 e. The number of carbonyl (C=O) groups excluding carboxylic acids is 1. The summed E-state index contributed by atoms with van der Waals surface area (Å²) in [7, 11) is 1.87. The Balaban J connectivity index is 1.48. The smallest absolute Gasteiger partial charge is 0.319 e. The molecule has 1 aliphatic carbocycles. The van der Waals surface area contributed by atoms with E-state index < -0.39 is 0 Å². The maximum absolute atomic E-state index is 12.4. The summed E-state index contributed by atoms with van der Waals surface area (Å²) in [6.45, 7) is 1.96. The molecule has 0 bridgehead atoms. The van der Waals surface area contributed by atoms with Gasteiger partial charge in [-0.25, -0.2) is 4.79 Å². The van der Waals surface area contributed by atoms with Crippen LogP contribution in [-0.2, 0) is 7.05 Å². The molecule has 6 nitrogen and oxygen atoms in total. The minimum atomic E-state index is -0.225. The van der Waals surface area contributed by atoms with Crippen molar-refractivity contribution in [3.63, 3.8) is 0 Å². The highest BCUT2D eigenvalue weighted by atomic mass is 16.5. The minimum Gasteiger partial charge on any atom is -0.488 e. The van der Waals surface area contributed by atoms with Crippen LogP contribution in [0.4, 0.5) is 10.5 Å². The fraction of sp³-hybridized carbons (Fsp3) is 0.412. The molecule has 23 heavy (non-hydrogen) atoms. The van der Waals surface area contributed by atoms with Gasteiger partial charge in [0, 0.05) is 24.7 Å². The monoisotopic (exact) mass is 312 g/mol. The predicted octanol–water partition coefficient (Wildman–Crippen LogP) is 2.94. The zero-order valence-corrected chi connectivity index (χ0v) is 13.2. The van der Waals surface area contributed by atoms with Crippen LogP contribution in [0.2, 0.25) is 0 Å². The third-order valence-electron chi connectivity index (χ3n) is 4.39. The Morgan fingerprint density at radius 1 is 1.35 bits per heavy atom. The quantitative estimate of drug-likeness (QED) is 0.915. The number of amides is 2. The highest BCUT2D eigenvalue weighted by Gasteiger charge is 2.33. The summed E-state index contributed by atoms with van der Waals surface area (Å²) in [6, 6.07) is 7.44. The van der Waals surface area contributed by atoms with Crippen molar-refractivity contribution in [2.24, 2.45) is 7.05 Å². The van der Waals surface area contributed by atoms with E-state index in [4.69, 9.17) is 4.74 Å². The number of para-hydroxylation sites is 1. The van der Waals surface area contributed by atoms with Crippen LogP contribution in [0.15, 0.2) is 30.5 Å². The first-order valence-electron chi connectivity index (χ1n) is 7.98. The predicted molar refractivity (Wildman–Crippen MR) is 86.6 cm³/mol. The van der Waals surface area contributed by atoms with Crippen molar-refractivity contribution in [3.05, 3.63) is 41.7 Å². The molecular weight excluding hydrogens is 292 g/mol. The van der Waals surface area contributed by atoms with E-state index in [0.717, 1.165) is 35.5 Å². The summed E-state index contributed by atoms with van der Waals surface area (Å²) in [5.74, 6) is 1.33. The summed E-state index contributed by atoms with van der Waals surface area (Å²) in [4.78, 5) is 12.4. The second kappa shape index (κ2) is 5.30. The van der Waals surface area contributed by atoms with Gasteiger partial charge in [0.2, 0.25) is 0 Å². The van der Waals surface area contributed by atoms with Crippen LogP contribution in [0.3, 0.4) is 0 Å². The fourth-order valence-electron chi connectivity index (χ4n) is 3.12. The average molecular weight is 312 g/mol. The molecule has 2 amide bonds. The second-order valence-electron chi connectivity index (χ2n) is 6.31. The summed E-state index contributed by atoms with van der Waals surface area (Å²) >= 11 is 0. The van der Waals surface area contributed by atoms with Crippen molar-refractivity contribution >= 4 is 11.7 Å². The summed E-state index contributed by atoms with van der Waals surface area (Å²) in [5, 5.41) is 10.4. The molecule has 4 rings (SSSR count). The van der Waals surface area contributed by atoms with Crippen molar-refractivity contribution in [1.29, 1.82) is 0 Å². The molecule has 2 atom stereocenters. The number of rotatable bonds is 3. The van der Waals surface area contributed by atoms with Gasteiger partial charge in [-0.2, -0.15) is 5.10 Å². The Bertz CT molecular complexity index is 751. The highest BCUT2D eigenvalue weighted by Crippen LogP contribution is 2.42. The number of hydrogen-bond donors (Lipinski definition) is 2. The lowest BCUT2D eigenvalue weighted by molar-refractivity contribution is 0.204. The average Bonchev–Trinajstić information content (AvgIpc) is 3.23. The summed E-state index contributed by atoms with van der Waals surface area (Å²) in [6.07, 6.45) is 4.06. The van der Waals surface area contributed by atoms with E-state index in [-0.39, 0.29) is 18.2 Å². The number of urea groups is 1. The lowest BCUT2D eigenvalue weighted by atomic mass is 10.1. The van der Waals surface area contributed by atoms with E-state index in [1.54, 1.807) is 4.68 Å². The molecule has 0 spiro atoms. The summed E-state index contributed by atoms with van der Waals surface area (Å²) < 4.78 is 7.54. The number of fused-ring (bicyclic) bond motifs is 1. The topological polar surface area (TPSA) is 68.2 Å². The molecule has 1 aromatic heterocycles. The van der Waals surface area contributed by atoms with E-state index in [1.165, 1.54) is 0 Å². The van der Waals surface area contributed by atoms with E-state index in [9.17, 15) is 4.79 Å². The number of hydrogen-bond acceptors (Lipinski definition) is 3. The molecule has 1 aromatic carbocycles. The lowest BCUT2D eigenvalue weighted by Crippen LogP contribution is -2.36. The molecule has 0 saturated heterocycles. The zero-order valence-electron chi connectivity index (χ0n) is 13.2. The third kappa shape index (κ3) is 2.65. The van der Waals surface area contributed by atoms with Gasteiger partial charge >= 0.3 is 6.03 Å².